The van der Waals surface area contributed by atoms with E-state index in [0.717, 1.165) is 5.56 Å². The first kappa shape index (κ1) is 14.0. The van der Waals surface area contributed by atoms with Gasteiger partial charge in [0.1, 0.15) is 0 Å². The summed E-state index contributed by atoms with van der Waals surface area (Å²) in [4.78, 5) is 10.8. The van der Waals surface area contributed by atoms with Gasteiger partial charge in [0, 0.05) is 0 Å². The molecule has 0 atom stereocenters. The van der Waals surface area contributed by atoms with Crippen LogP contribution in [0, 0.1) is 18.8 Å². The zero-order valence-corrected chi connectivity index (χ0v) is 11.4. The summed E-state index contributed by atoms with van der Waals surface area (Å²) >= 11 is 0. The van der Waals surface area contributed by atoms with Crippen LogP contribution in [0.2, 0.25) is 0 Å². The second-order valence-corrected chi connectivity index (χ2v) is 6.54. The lowest BCUT2D eigenvalue weighted by Gasteiger charge is -2.31. The van der Waals surface area contributed by atoms with Gasteiger partial charge in [0.15, 0.2) is 0 Å². The third-order valence-corrected chi connectivity index (χ3v) is 4.65. The van der Waals surface area contributed by atoms with E-state index < -0.39 is 16.1 Å². The zero-order valence-electron chi connectivity index (χ0n) is 10.6. The molecular formula is C13H16O5S. The Bertz CT molecular complexity index is 555. The van der Waals surface area contributed by atoms with Gasteiger partial charge in [-0.25, -0.2) is 0 Å². The Balaban J connectivity index is 1.89. The Hall–Kier alpha value is -1.40. The molecule has 1 saturated carbocycles. The molecule has 0 unspecified atom stereocenters. The van der Waals surface area contributed by atoms with Gasteiger partial charge in [-0.05, 0) is 37.8 Å². The van der Waals surface area contributed by atoms with Crippen LogP contribution >= 0.6 is 0 Å². The van der Waals surface area contributed by atoms with Gasteiger partial charge in [-0.2, -0.15) is 8.42 Å². The van der Waals surface area contributed by atoms with Crippen molar-refractivity contribution in [2.24, 2.45) is 11.8 Å². The Kier molecular flexibility index (Phi) is 3.91. The summed E-state index contributed by atoms with van der Waals surface area (Å²) in [5, 5.41) is 8.72. The zero-order chi connectivity index (χ0) is 14.0. The summed E-state index contributed by atoms with van der Waals surface area (Å²) in [6.07, 6.45) is 0.970. The van der Waals surface area contributed by atoms with E-state index in [4.69, 9.17) is 9.29 Å². The number of hydrogen-bond donors (Lipinski definition) is 1. The summed E-state index contributed by atoms with van der Waals surface area (Å²) < 4.78 is 28.7. The van der Waals surface area contributed by atoms with Crippen LogP contribution in [-0.4, -0.2) is 26.1 Å². The second-order valence-electron chi connectivity index (χ2n) is 4.92. The van der Waals surface area contributed by atoms with Crippen LogP contribution in [0.5, 0.6) is 0 Å². The van der Waals surface area contributed by atoms with E-state index in [0.29, 0.717) is 12.8 Å². The molecule has 1 aromatic rings. The van der Waals surface area contributed by atoms with E-state index in [9.17, 15) is 13.2 Å². The largest absolute Gasteiger partial charge is 0.481 e. The number of aliphatic carboxylic acids is 1. The highest BCUT2D eigenvalue weighted by molar-refractivity contribution is 7.86. The van der Waals surface area contributed by atoms with Crippen molar-refractivity contribution in [3.8, 4) is 0 Å². The van der Waals surface area contributed by atoms with Crippen LogP contribution in [0.25, 0.3) is 0 Å². The van der Waals surface area contributed by atoms with Crippen molar-refractivity contribution in [2.75, 3.05) is 6.61 Å². The van der Waals surface area contributed by atoms with Crippen LogP contribution in [-0.2, 0) is 19.1 Å². The Morgan fingerprint density at radius 3 is 2.42 bits per heavy atom. The summed E-state index contributed by atoms with van der Waals surface area (Å²) in [6, 6.07) is 6.43. The highest BCUT2D eigenvalue weighted by atomic mass is 32.2. The monoisotopic (exact) mass is 284 g/mol. The normalized spacial score (nSPS) is 22.8. The molecule has 5 nitrogen and oxygen atoms in total. The molecule has 0 bridgehead atoms. The summed E-state index contributed by atoms with van der Waals surface area (Å²) in [7, 11) is -3.73. The fourth-order valence-electron chi connectivity index (χ4n) is 2.03. The maximum atomic E-state index is 11.9. The van der Waals surface area contributed by atoms with Crippen LogP contribution in [0.1, 0.15) is 18.4 Å². The summed E-state index contributed by atoms with van der Waals surface area (Å²) in [5.41, 5.74) is 0.974. The molecule has 0 amide bonds. The molecule has 0 aromatic heterocycles. The third kappa shape index (κ3) is 3.33. The van der Waals surface area contributed by atoms with Gasteiger partial charge in [0.05, 0.1) is 17.4 Å². The molecule has 0 radical (unpaired) electrons. The highest BCUT2D eigenvalue weighted by Gasteiger charge is 2.35. The van der Waals surface area contributed by atoms with E-state index >= 15 is 0 Å². The lowest BCUT2D eigenvalue weighted by atomic mass is 9.75. The summed E-state index contributed by atoms with van der Waals surface area (Å²) in [5.74, 6) is -1.16. The average molecular weight is 284 g/mol. The Morgan fingerprint density at radius 1 is 1.32 bits per heavy atom. The molecule has 2 rings (SSSR count). The van der Waals surface area contributed by atoms with Crippen LogP contribution in [0.4, 0.5) is 0 Å². The molecule has 104 valence electrons. The number of aryl methyl sites for hydroxylation is 1. The lowest BCUT2D eigenvalue weighted by molar-refractivity contribution is -0.146. The molecule has 6 heteroatoms. The first-order chi connectivity index (χ1) is 8.88. The first-order valence-electron chi connectivity index (χ1n) is 6.07. The van der Waals surface area contributed by atoms with Crippen LogP contribution in [0.15, 0.2) is 29.2 Å². The SMILES string of the molecule is Cc1ccc(S(=O)(=O)OCC2CC(C(=O)O)C2)cc1. The van der Waals surface area contributed by atoms with Gasteiger partial charge >= 0.3 is 5.97 Å². The second kappa shape index (κ2) is 5.30. The molecular weight excluding hydrogens is 268 g/mol. The fourth-order valence-corrected chi connectivity index (χ4v) is 3.01. The van der Waals surface area contributed by atoms with Gasteiger partial charge < -0.3 is 5.11 Å². The maximum Gasteiger partial charge on any atom is 0.306 e. The smallest absolute Gasteiger partial charge is 0.306 e. The third-order valence-electron chi connectivity index (χ3n) is 3.35. The van der Waals surface area contributed by atoms with E-state index in [1.165, 1.54) is 12.1 Å². The van der Waals surface area contributed by atoms with Crippen molar-refractivity contribution in [3.63, 3.8) is 0 Å². The molecule has 0 heterocycles. The molecule has 0 aliphatic heterocycles. The fraction of sp³-hybridized carbons (Fsp3) is 0.462. The molecule has 1 aliphatic carbocycles. The van der Waals surface area contributed by atoms with Crippen molar-refractivity contribution < 1.29 is 22.5 Å². The maximum absolute atomic E-state index is 11.9. The van der Waals surface area contributed by atoms with Gasteiger partial charge in [-0.1, -0.05) is 17.7 Å². The van der Waals surface area contributed by atoms with Crippen molar-refractivity contribution in [1.29, 1.82) is 0 Å². The molecule has 1 aromatic carbocycles. The minimum atomic E-state index is -3.73. The predicted octanol–water partition coefficient (Wildman–Crippen LogP) is 1.81. The minimum Gasteiger partial charge on any atom is -0.481 e. The van der Waals surface area contributed by atoms with Gasteiger partial charge in [-0.15, -0.1) is 0 Å². The number of benzene rings is 1. The van der Waals surface area contributed by atoms with Crippen molar-refractivity contribution in [2.45, 2.75) is 24.7 Å². The van der Waals surface area contributed by atoms with Crippen molar-refractivity contribution >= 4 is 16.1 Å². The molecule has 19 heavy (non-hydrogen) atoms. The molecule has 1 aliphatic rings. The number of carbonyl (C=O) groups is 1. The molecule has 1 fully saturated rings. The van der Waals surface area contributed by atoms with E-state index in [-0.39, 0.29) is 23.3 Å². The quantitative estimate of drug-likeness (QED) is 0.834. The van der Waals surface area contributed by atoms with Gasteiger partial charge in [0.25, 0.3) is 10.1 Å². The Morgan fingerprint density at radius 2 is 1.89 bits per heavy atom. The minimum absolute atomic E-state index is 0.0151. The number of rotatable bonds is 5. The average Bonchev–Trinajstić information content (AvgIpc) is 2.26. The van der Waals surface area contributed by atoms with Crippen molar-refractivity contribution in [3.05, 3.63) is 29.8 Å². The predicted molar refractivity (Wildman–Crippen MR) is 68.2 cm³/mol. The first-order valence-corrected chi connectivity index (χ1v) is 7.48. The van der Waals surface area contributed by atoms with E-state index in [1.807, 2.05) is 6.92 Å². The summed E-state index contributed by atoms with van der Waals surface area (Å²) in [6.45, 7) is 1.93. The van der Waals surface area contributed by atoms with Crippen LogP contribution < -0.4 is 0 Å². The number of carboxylic acids is 1. The standard InChI is InChI=1S/C13H16O5S/c1-9-2-4-12(5-3-9)19(16,17)18-8-10-6-11(7-10)13(14)15/h2-5,10-11H,6-8H2,1H3,(H,14,15). The Labute approximate surface area is 112 Å². The topological polar surface area (TPSA) is 80.7 Å². The molecule has 0 saturated heterocycles. The number of carboxylic acid groups (broad SMARTS) is 1. The lowest BCUT2D eigenvalue weighted by Crippen LogP contribution is -2.33. The van der Waals surface area contributed by atoms with Crippen LogP contribution in [0.3, 0.4) is 0 Å². The highest BCUT2D eigenvalue weighted by Crippen LogP contribution is 2.34. The molecule has 0 spiro atoms. The van der Waals surface area contributed by atoms with Gasteiger partial charge in [0.2, 0.25) is 0 Å². The van der Waals surface area contributed by atoms with Gasteiger partial charge in [-0.3, -0.25) is 8.98 Å². The molecule has 1 N–H and O–H groups in total. The van der Waals surface area contributed by atoms with E-state index in [2.05, 4.69) is 0 Å². The number of hydrogen-bond acceptors (Lipinski definition) is 4. The van der Waals surface area contributed by atoms with Crippen molar-refractivity contribution in [1.82, 2.24) is 0 Å². The van der Waals surface area contributed by atoms with E-state index in [1.54, 1.807) is 12.1 Å².